The molecule has 0 saturated heterocycles. The van der Waals surface area contributed by atoms with Gasteiger partial charge in [0.25, 0.3) is 0 Å². The van der Waals surface area contributed by atoms with Crippen LogP contribution >= 0.6 is 0 Å². The molecule has 0 aromatic rings. The van der Waals surface area contributed by atoms with Gasteiger partial charge in [0, 0.05) is 6.42 Å². The van der Waals surface area contributed by atoms with E-state index < -0.39 is 11.7 Å². The molecule has 0 unspecified atom stereocenters. The summed E-state index contributed by atoms with van der Waals surface area (Å²) in [4.78, 5) is 9.37. The maximum absolute atomic E-state index is 9.37. The monoisotopic (exact) mass is 149 g/mol. The van der Waals surface area contributed by atoms with Gasteiger partial charge in [0.1, 0.15) is 5.72 Å². The van der Waals surface area contributed by atoms with E-state index in [4.69, 9.17) is 15.9 Å². The van der Waals surface area contributed by atoms with E-state index in [1.54, 1.807) is 6.92 Å². The summed E-state index contributed by atoms with van der Waals surface area (Å²) in [6.45, 7) is 4.64. The molecule has 0 atom stereocenters. The van der Waals surface area contributed by atoms with Gasteiger partial charge in [-0.1, -0.05) is 6.92 Å². The smallest absolute Gasteiger partial charge is 0.303 e. The minimum Gasteiger partial charge on any atom is -0.481 e. The van der Waals surface area contributed by atoms with E-state index in [0.717, 1.165) is 0 Å². The van der Waals surface area contributed by atoms with Crippen LogP contribution in [0.25, 0.3) is 0 Å². The molecule has 0 aliphatic rings. The minimum absolute atomic E-state index is 0.222. The van der Waals surface area contributed by atoms with Crippen molar-refractivity contribution in [1.29, 1.82) is 0 Å². The number of hydrogen-bond donors (Lipinski definition) is 3. The molecule has 10 heavy (non-hydrogen) atoms. The van der Waals surface area contributed by atoms with Crippen LogP contribution in [0.2, 0.25) is 0 Å². The Morgan fingerprint density at radius 1 is 1.60 bits per heavy atom. The van der Waals surface area contributed by atoms with Crippen LogP contribution in [0, 0.1) is 0 Å². The van der Waals surface area contributed by atoms with Crippen LogP contribution in [0.5, 0.6) is 0 Å². The number of rotatable bonds is 1. The van der Waals surface area contributed by atoms with Crippen LogP contribution in [0.3, 0.4) is 0 Å². The van der Waals surface area contributed by atoms with Gasteiger partial charge in [0.05, 0.1) is 0 Å². The lowest BCUT2D eigenvalue weighted by Crippen LogP contribution is -2.30. The van der Waals surface area contributed by atoms with Gasteiger partial charge in [0.15, 0.2) is 0 Å². The van der Waals surface area contributed by atoms with Crippen molar-refractivity contribution in [2.45, 2.75) is 32.9 Å². The molecule has 4 N–H and O–H groups in total. The van der Waals surface area contributed by atoms with Gasteiger partial charge < -0.3 is 15.9 Å². The summed E-state index contributed by atoms with van der Waals surface area (Å²) < 4.78 is 0. The normalized spacial score (nSPS) is 9.70. The number of aliphatic hydroxyl groups is 1. The summed E-state index contributed by atoms with van der Waals surface area (Å²) in [5, 5.41) is 16.0. The molecular formula is C6H15NO3. The van der Waals surface area contributed by atoms with Crippen LogP contribution in [0.1, 0.15) is 27.2 Å². The summed E-state index contributed by atoms with van der Waals surface area (Å²) in [6.07, 6.45) is 0.222. The second-order valence-corrected chi connectivity index (χ2v) is 2.40. The second-order valence-electron chi connectivity index (χ2n) is 2.40. The van der Waals surface area contributed by atoms with Crippen molar-refractivity contribution in [3.63, 3.8) is 0 Å². The van der Waals surface area contributed by atoms with Crippen molar-refractivity contribution >= 4 is 5.97 Å². The van der Waals surface area contributed by atoms with E-state index in [0.29, 0.717) is 0 Å². The highest BCUT2D eigenvalue weighted by atomic mass is 16.4. The topological polar surface area (TPSA) is 83.5 Å². The Hall–Kier alpha value is -0.610. The molecule has 0 aromatic carbocycles. The Bertz CT molecular complexity index is 89.7. The molecule has 4 nitrogen and oxygen atoms in total. The first-order chi connectivity index (χ1) is 4.27. The van der Waals surface area contributed by atoms with Crippen molar-refractivity contribution in [1.82, 2.24) is 0 Å². The molecule has 0 saturated carbocycles. The summed E-state index contributed by atoms with van der Waals surface area (Å²) in [5.41, 5.74) is 3.91. The van der Waals surface area contributed by atoms with Gasteiger partial charge in [-0.3, -0.25) is 4.79 Å². The highest BCUT2D eigenvalue weighted by molar-refractivity contribution is 5.66. The van der Waals surface area contributed by atoms with Gasteiger partial charge in [-0.2, -0.15) is 0 Å². The van der Waals surface area contributed by atoms with Crippen LogP contribution in [0.4, 0.5) is 0 Å². The molecule has 0 radical (unpaired) electrons. The highest BCUT2D eigenvalue weighted by Gasteiger charge is 1.98. The third-order valence-corrected chi connectivity index (χ3v) is 0.302. The van der Waals surface area contributed by atoms with Crippen molar-refractivity contribution < 1.29 is 15.0 Å². The Kier molecular flexibility index (Phi) is 6.29. The Morgan fingerprint density at radius 3 is 1.70 bits per heavy atom. The fraction of sp³-hybridized carbons (Fsp3) is 0.833. The van der Waals surface area contributed by atoms with E-state index in [-0.39, 0.29) is 6.42 Å². The third-order valence-electron chi connectivity index (χ3n) is 0.302. The number of aliphatic carboxylic acids is 1. The van der Waals surface area contributed by atoms with Crippen molar-refractivity contribution in [3.8, 4) is 0 Å². The summed E-state index contributed by atoms with van der Waals surface area (Å²) in [6, 6.07) is 0. The van der Waals surface area contributed by atoms with Gasteiger partial charge in [0.2, 0.25) is 0 Å². The first-order valence-corrected chi connectivity index (χ1v) is 3.00. The first kappa shape index (κ1) is 12.1. The molecule has 0 spiro atoms. The standard InChI is InChI=1S/C3H9NO.C3H6O2/c1-3(2,4)5;1-2-3(4)5/h5H,4H2,1-2H3;2H2,1H3,(H,4,5). The van der Waals surface area contributed by atoms with E-state index >= 15 is 0 Å². The van der Waals surface area contributed by atoms with E-state index in [1.807, 2.05) is 0 Å². The lowest BCUT2D eigenvalue weighted by molar-refractivity contribution is -0.136. The van der Waals surface area contributed by atoms with Crippen LogP contribution in [-0.4, -0.2) is 21.9 Å². The molecule has 0 heterocycles. The average molecular weight is 149 g/mol. The highest BCUT2D eigenvalue weighted by Crippen LogP contribution is 1.82. The zero-order valence-electron chi connectivity index (χ0n) is 6.59. The van der Waals surface area contributed by atoms with Crippen molar-refractivity contribution in [2.24, 2.45) is 5.73 Å². The maximum atomic E-state index is 9.37. The molecule has 0 aromatic heterocycles. The van der Waals surface area contributed by atoms with Gasteiger partial charge >= 0.3 is 5.97 Å². The van der Waals surface area contributed by atoms with E-state index in [1.165, 1.54) is 13.8 Å². The molecule has 62 valence electrons. The Labute approximate surface area is 60.7 Å². The van der Waals surface area contributed by atoms with Gasteiger partial charge in [-0.05, 0) is 13.8 Å². The van der Waals surface area contributed by atoms with Crippen LogP contribution in [-0.2, 0) is 4.79 Å². The Balaban J connectivity index is 0. The average Bonchev–Trinajstić information content (AvgIpc) is 1.61. The SMILES string of the molecule is CC(C)(N)O.CCC(=O)O. The second kappa shape index (κ2) is 5.20. The molecule has 0 fully saturated rings. The van der Waals surface area contributed by atoms with Crippen LogP contribution in [0.15, 0.2) is 0 Å². The zero-order valence-corrected chi connectivity index (χ0v) is 6.59. The van der Waals surface area contributed by atoms with E-state index in [9.17, 15) is 4.79 Å². The summed E-state index contributed by atoms with van der Waals surface area (Å²) in [5.74, 6) is -0.745. The lowest BCUT2D eigenvalue weighted by Gasteiger charge is -2.05. The molecule has 0 bridgehead atoms. The number of carboxylic acids is 1. The number of carbonyl (C=O) groups is 1. The van der Waals surface area contributed by atoms with Gasteiger partial charge in [-0.15, -0.1) is 0 Å². The number of carboxylic acid groups (broad SMARTS) is 1. The van der Waals surface area contributed by atoms with Crippen LogP contribution < -0.4 is 5.73 Å². The third kappa shape index (κ3) is 156. The molecular weight excluding hydrogens is 134 g/mol. The molecule has 0 amide bonds. The fourth-order valence-corrected chi connectivity index (χ4v) is 0. The quantitative estimate of drug-likeness (QED) is 0.463. The summed E-state index contributed by atoms with van der Waals surface area (Å²) >= 11 is 0. The molecule has 0 rings (SSSR count). The molecule has 0 aliphatic carbocycles. The predicted molar refractivity (Wildman–Crippen MR) is 38.4 cm³/mol. The van der Waals surface area contributed by atoms with Crippen molar-refractivity contribution in [3.05, 3.63) is 0 Å². The minimum atomic E-state index is -1.00. The van der Waals surface area contributed by atoms with E-state index in [2.05, 4.69) is 0 Å². The summed E-state index contributed by atoms with van der Waals surface area (Å²) in [7, 11) is 0. The van der Waals surface area contributed by atoms with Gasteiger partial charge in [-0.25, -0.2) is 0 Å². The first-order valence-electron chi connectivity index (χ1n) is 3.00. The molecule has 4 heteroatoms. The largest absolute Gasteiger partial charge is 0.481 e. The number of nitrogens with two attached hydrogens (primary N) is 1. The van der Waals surface area contributed by atoms with Crippen molar-refractivity contribution in [2.75, 3.05) is 0 Å². The zero-order chi connectivity index (χ0) is 8.78. The Morgan fingerprint density at radius 2 is 1.70 bits per heavy atom. The fourth-order valence-electron chi connectivity index (χ4n) is 0. The maximum Gasteiger partial charge on any atom is 0.303 e. The lowest BCUT2D eigenvalue weighted by atomic mass is 10.4. The molecule has 0 aliphatic heterocycles. The predicted octanol–water partition coefficient (Wildman–Crippen LogP) is 0.154. The number of hydrogen-bond acceptors (Lipinski definition) is 3.